The maximum Gasteiger partial charge on any atom is 0.417 e. The van der Waals surface area contributed by atoms with Crippen LogP contribution in [0.4, 0.5) is 23.7 Å². The highest BCUT2D eigenvalue weighted by Crippen LogP contribution is 2.36. The highest BCUT2D eigenvalue weighted by molar-refractivity contribution is 5.95. The van der Waals surface area contributed by atoms with Crippen molar-refractivity contribution in [2.24, 2.45) is 5.73 Å². The summed E-state index contributed by atoms with van der Waals surface area (Å²) in [6.45, 7) is 1.91. The lowest BCUT2D eigenvalue weighted by molar-refractivity contribution is -0.147. The van der Waals surface area contributed by atoms with Gasteiger partial charge in [-0.15, -0.1) is 0 Å². The molecular formula is C26H26F3N3O5. The maximum absolute atomic E-state index is 13.5. The number of H-pyrrole nitrogens is 1. The van der Waals surface area contributed by atoms with Gasteiger partial charge in [0.05, 0.1) is 12.1 Å². The number of pyridine rings is 1. The van der Waals surface area contributed by atoms with Crippen molar-refractivity contribution in [2.75, 3.05) is 18.1 Å². The smallest absolute Gasteiger partial charge is 0.417 e. The molecule has 4 rings (SSSR count). The van der Waals surface area contributed by atoms with E-state index in [4.69, 9.17) is 15.2 Å². The van der Waals surface area contributed by atoms with Crippen LogP contribution >= 0.6 is 0 Å². The monoisotopic (exact) mass is 517 g/mol. The number of carbonyl (C=O) groups excluding carboxylic acids is 2. The highest BCUT2D eigenvalue weighted by atomic mass is 19.4. The minimum absolute atomic E-state index is 0.0257. The quantitative estimate of drug-likeness (QED) is 0.422. The summed E-state index contributed by atoms with van der Waals surface area (Å²) < 4.78 is 50.8. The zero-order chi connectivity index (χ0) is 26.7. The second kappa shape index (κ2) is 10.6. The molecule has 1 aliphatic heterocycles. The second-order valence-electron chi connectivity index (χ2n) is 8.82. The fourth-order valence-electron chi connectivity index (χ4n) is 4.17. The first kappa shape index (κ1) is 26.2. The van der Waals surface area contributed by atoms with E-state index >= 15 is 0 Å². The number of ether oxygens (including phenoxy) is 2. The van der Waals surface area contributed by atoms with Gasteiger partial charge in [-0.3, -0.25) is 14.5 Å². The number of aromatic nitrogens is 1. The van der Waals surface area contributed by atoms with E-state index in [1.165, 1.54) is 35.2 Å². The Morgan fingerprint density at radius 3 is 2.70 bits per heavy atom. The predicted octanol–water partition coefficient (Wildman–Crippen LogP) is 4.60. The van der Waals surface area contributed by atoms with Crippen LogP contribution in [0.2, 0.25) is 0 Å². The van der Waals surface area contributed by atoms with Gasteiger partial charge in [-0.25, -0.2) is 4.79 Å². The number of amides is 1. The van der Waals surface area contributed by atoms with Crippen molar-refractivity contribution in [3.63, 3.8) is 0 Å². The lowest BCUT2D eigenvalue weighted by Gasteiger charge is -2.15. The molecule has 1 amide bonds. The van der Waals surface area contributed by atoms with Crippen LogP contribution in [-0.4, -0.2) is 42.3 Å². The van der Waals surface area contributed by atoms with Crippen LogP contribution in [0.1, 0.15) is 31.7 Å². The van der Waals surface area contributed by atoms with E-state index in [1.54, 1.807) is 12.1 Å². The number of rotatable bonds is 8. The van der Waals surface area contributed by atoms with Crippen LogP contribution in [0.3, 0.4) is 0 Å². The average molecular weight is 518 g/mol. The normalized spacial score (nSPS) is 16.6. The number of hydrogen-bond acceptors (Lipinski definition) is 6. The van der Waals surface area contributed by atoms with Gasteiger partial charge in [-0.05, 0) is 36.1 Å². The van der Waals surface area contributed by atoms with Crippen LogP contribution in [-0.2, 0) is 20.4 Å². The number of benzene rings is 2. The SMILES string of the molecule is CCCC[C@H](N)C(=O)OC[C@H]1CN(c2ccc3cc(-c4ccccc4C(F)(F)F)[nH]c(=O)c3c2)C(=O)O1. The van der Waals surface area contributed by atoms with Crippen LogP contribution in [0, 0.1) is 0 Å². The number of nitrogens with two attached hydrogens (primary N) is 1. The van der Waals surface area contributed by atoms with Crippen molar-refractivity contribution in [3.8, 4) is 11.3 Å². The molecular weight excluding hydrogens is 491 g/mol. The van der Waals surface area contributed by atoms with Gasteiger partial charge in [-0.1, -0.05) is 44.0 Å². The van der Waals surface area contributed by atoms with Gasteiger partial charge in [0.25, 0.3) is 5.56 Å². The first-order chi connectivity index (χ1) is 17.6. The van der Waals surface area contributed by atoms with Gasteiger partial charge in [0.15, 0.2) is 6.10 Å². The third kappa shape index (κ3) is 5.77. The molecule has 11 heteroatoms. The number of unbranched alkanes of at least 4 members (excludes halogenated alkanes) is 1. The zero-order valence-electron chi connectivity index (χ0n) is 20.0. The lowest BCUT2D eigenvalue weighted by atomic mass is 10.0. The van der Waals surface area contributed by atoms with E-state index in [0.717, 1.165) is 18.9 Å². The summed E-state index contributed by atoms with van der Waals surface area (Å²) in [4.78, 5) is 41.1. The maximum atomic E-state index is 13.5. The van der Waals surface area contributed by atoms with E-state index < -0.39 is 41.5 Å². The molecule has 1 fully saturated rings. The molecule has 2 atom stereocenters. The number of nitrogens with one attached hydrogen (secondary N) is 1. The Bertz CT molecular complexity index is 1370. The molecule has 1 saturated heterocycles. The highest BCUT2D eigenvalue weighted by Gasteiger charge is 2.35. The molecule has 0 spiro atoms. The number of esters is 1. The number of cyclic esters (lactones) is 1. The molecule has 0 saturated carbocycles. The van der Waals surface area contributed by atoms with Crippen molar-refractivity contribution in [2.45, 2.75) is 44.5 Å². The van der Waals surface area contributed by atoms with Gasteiger partial charge in [0.1, 0.15) is 12.6 Å². The van der Waals surface area contributed by atoms with Crippen LogP contribution in [0.5, 0.6) is 0 Å². The molecule has 37 heavy (non-hydrogen) atoms. The van der Waals surface area contributed by atoms with Crippen molar-refractivity contribution >= 4 is 28.5 Å². The van der Waals surface area contributed by atoms with Gasteiger partial charge in [-0.2, -0.15) is 13.2 Å². The number of alkyl halides is 3. The summed E-state index contributed by atoms with van der Waals surface area (Å²) in [6, 6.07) is 10.3. The molecule has 0 radical (unpaired) electrons. The molecule has 2 heterocycles. The Hall–Kier alpha value is -3.86. The first-order valence-electron chi connectivity index (χ1n) is 11.8. The Kier molecular flexibility index (Phi) is 7.53. The Labute approximate surface area is 210 Å². The Balaban J connectivity index is 1.52. The first-order valence-corrected chi connectivity index (χ1v) is 11.8. The number of anilines is 1. The van der Waals surface area contributed by atoms with Crippen molar-refractivity contribution in [1.82, 2.24) is 4.98 Å². The predicted molar refractivity (Wildman–Crippen MR) is 131 cm³/mol. The van der Waals surface area contributed by atoms with E-state index in [2.05, 4.69) is 4.98 Å². The molecule has 3 aromatic rings. The third-order valence-corrected chi connectivity index (χ3v) is 6.12. The molecule has 2 aromatic carbocycles. The summed E-state index contributed by atoms with van der Waals surface area (Å²) in [5.41, 5.74) is 4.57. The summed E-state index contributed by atoms with van der Waals surface area (Å²) in [7, 11) is 0. The van der Waals surface area contributed by atoms with Gasteiger partial charge in [0, 0.05) is 22.3 Å². The molecule has 0 aliphatic carbocycles. The van der Waals surface area contributed by atoms with Crippen LogP contribution in [0.25, 0.3) is 22.0 Å². The minimum Gasteiger partial charge on any atom is -0.461 e. The zero-order valence-corrected chi connectivity index (χ0v) is 20.0. The molecule has 0 bridgehead atoms. The van der Waals surface area contributed by atoms with Crippen molar-refractivity contribution < 1.29 is 32.2 Å². The van der Waals surface area contributed by atoms with Crippen LogP contribution in [0.15, 0.2) is 53.3 Å². The number of hydrogen-bond donors (Lipinski definition) is 2. The fraction of sp³-hybridized carbons (Fsp3) is 0.346. The molecule has 1 aromatic heterocycles. The molecule has 0 unspecified atom stereocenters. The number of halogens is 3. The van der Waals surface area contributed by atoms with E-state index in [1.807, 2.05) is 6.92 Å². The Morgan fingerprint density at radius 1 is 1.22 bits per heavy atom. The molecule has 3 N–H and O–H groups in total. The van der Waals surface area contributed by atoms with E-state index in [0.29, 0.717) is 17.5 Å². The van der Waals surface area contributed by atoms with E-state index in [9.17, 15) is 27.6 Å². The molecule has 1 aliphatic rings. The average Bonchev–Trinajstić information content (AvgIpc) is 3.25. The number of fused-ring (bicyclic) bond motifs is 1. The summed E-state index contributed by atoms with van der Waals surface area (Å²) in [5, 5.41) is 0.592. The third-order valence-electron chi connectivity index (χ3n) is 6.12. The van der Waals surface area contributed by atoms with E-state index in [-0.39, 0.29) is 29.8 Å². The molecule has 8 nitrogen and oxygen atoms in total. The topological polar surface area (TPSA) is 115 Å². The molecule has 196 valence electrons. The van der Waals surface area contributed by atoms with Gasteiger partial charge < -0.3 is 20.2 Å². The van der Waals surface area contributed by atoms with Crippen LogP contribution < -0.4 is 16.2 Å². The van der Waals surface area contributed by atoms with Gasteiger partial charge >= 0.3 is 18.2 Å². The fourth-order valence-corrected chi connectivity index (χ4v) is 4.17. The number of nitrogens with zero attached hydrogens (tertiary/aromatic N) is 1. The Morgan fingerprint density at radius 2 is 1.97 bits per heavy atom. The summed E-state index contributed by atoms with van der Waals surface area (Å²) in [5.74, 6) is -0.567. The van der Waals surface area contributed by atoms with Crippen molar-refractivity contribution in [3.05, 3.63) is 64.4 Å². The number of aromatic amines is 1. The van der Waals surface area contributed by atoms with Crippen molar-refractivity contribution in [1.29, 1.82) is 0 Å². The summed E-state index contributed by atoms with van der Waals surface area (Å²) in [6.07, 6.45) is -3.80. The lowest BCUT2D eigenvalue weighted by Crippen LogP contribution is -2.34. The minimum atomic E-state index is -4.59. The largest absolute Gasteiger partial charge is 0.461 e. The number of carbonyl (C=O) groups is 2. The van der Waals surface area contributed by atoms with Gasteiger partial charge in [0.2, 0.25) is 0 Å². The second-order valence-corrected chi connectivity index (χ2v) is 8.82. The standard InChI is InChI=1S/C26H26F3N3O5/c1-2-3-8-21(30)24(34)36-14-17-13-32(25(35)37-17)16-10-9-15-11-22(31-23(33)19(15)12-16)18-6-4-5-7-20(18)26(27,28)29/h4-7,9-12,17,21H,2-3,8,13-14,30H2,1H3,(H,31,33)/t17-,21+/m1/s1. The summed E-state index contributed by atoms with van der Waals surface area (Å²) >= 11 is 0.